The summed E-state index contributed by atoms with van der Waals surface area (Å²) in [6.07, 6.45) is 3.93. The minimum absolute atomic E-state index is 0. The summed E-state index contributed by atoms with van der Waals surface area (Å²) in [5.74, 6) is 0.806. The summed E-state index contributed by atoms with van der Waals surface area (Å²) in [4.78, 5) is 0. The van der Waals surface area contributed by atoms with Crippen LogP contribution in [0.4, 0.5) is 0 Å². The zero-order valence-electron chi connectivity index (χ0n) is 7.14. The maximum Gasteiger partial charge on any atom is 0.0490 e. The lowest BCUT2D eigenvalue weighted by Crippen LogP contribution is -2.15. The van der Waals surface area contributed by atoms with Gasteiger partial charge in [-0.1, -0.05) is 0 Å². The molecule has 1 aliphatic heterocycles. The molecule has 1 rings (SSSR count). The third-order valence-electron chi connectivity index (χ3n) is 2.10. The molecular formula is C8H18ClNO. The van der Waals surface area contributed by atoms with Crippen molar-refractivity contribution in [3.05, 3.63) is 0 Å². The van der Waals surface area contributed by atoms with Crippen LogP contribution in [-0.2, 0) is 4.74 Å². The number of methoxy groups -OCH3 is 1. The molecule has 1 heterocycles. The average molecular weight is 180 g/mol. The van der Waals surface area contributed by atoms with Crippen molar-refractivity contribution < 1.29 is 4.74 Å². The molecule has 0 amide bonds. The molecule has 0 aromatic carbocycles. The second-order valence-electron chi connectivity index (χ2n) is 3.00. The monoisotopic (exact) mass is 179 g/mol. The quantitative estimate of drug-likeness (QED) is 0.693. The first-order chi connectivity index (χ1) is 4.93. The lowest BCUT2D eigenvalue weighted by Gasteiger charge is -2.10. The predicted octanol–water partition coefficient (Wildman–Crippen LogP) is 1.44. The number of halogens is 1. The van der Waals surface area contributed by atoms with Gasteiger partial charge in [-0.3, -0.25) is 0 Å². The van der Waals surface area contributed by atoms with Gasteiger partial charge in [0.1, 0.15) is 0 Å². The summed E-state index contributed by atoms with van der Waals surface area (Å²) in [7, 11) is 1.79. The average Bonchev–Trinajstić information content (AvgIpc) is 2.17. The van der Waals surface area contributed by atoms with Crippen LogP contribution in [0.15, 0.2) is 0 Å². The standard InChI is InChI=1S/C8H17NO.ClH/c1-10-7-8-3-2-5-9-6-4-8;/h8-9H,2-7H2,1H3;1H. The van der Waals surface area contributed by atoms with E-state index in [0.29, 0.717) is 0 Å². The molecule has 3 heteroatoms. The highest BCUT2D eigenvalue weighted by molar-refractivity contribution is 5.85. The van der Waals surface area contributed by atoms with E-state index in [0.717, 1.165) is 12.5 Å². The zero-order chi connectivity index (χ0) is 7.23. The minimum Gasteiger partial charge on any atom is -0.384 e. The van der Waals surface area contributed by atoms with Gasteiger partial charge in [0.15, 0.2) is 0 Å². The van der Waals surface area contributed by atoms with Gasteiger partial charge in [0.2, 0.25) is 0 Å². The normalized spacial score (nSPS) is 25.4. The summed E-state index contributed by atoms with van der Waals surface area (Å²) in [6.45, 7) is 3.32. The maximum atomic E-state index is 5.11. The summed E-state index contributed by atoms with van der Waals surface area (Å²) in [6, 6.07) is 0. The van der Waals surface area contributed by atoms with Crippen LogP contribution in [0, 0.1) is 5.92 Å². The fourth-order valence-corrected chi connectivity index (χ4v) is 1.49. The second-order valence-corrected chi connectivity index (χ2v) is 3.00. The Morgan fingerprint density at radius 2 is 2.18 bits per heavy atom. The van der Waals surface area contributed by atoms with Crippen molar-refractivity contribution in [3.63, 3.8) is 0 Å². The summed E-state index contributed by atoms with van der Waals surface area (Å²) < 4.78 is 5.11. The van der Waals surface area contributed by atoms with Crippen molar-refractivity contribution in [2.24, 2.45) is 5.92 Å². The first-order valence-corrected chi connectivity index (χ1v) is 4.13. The molecule has 0 saturated carbocycles. The summed E-state index contributed by atoms with van der Waals surface area (Å²) in [5, 5.41) is 3.38. The Hall–Kier alpha value is 0.210. The Balaban J connectivity index is 0.000001000. The van der Waals surface area contributed by atoms with Crippen molar-refractivity contribution in [2.45, 2.75) is 19.3 Å². The van der Waals surface area contributed by atoms with Gasteiger partial charge in [0.05, 0.1) is 0 Å². The number of hydrogen-bond acceptors (Lipinski definition) is 2. The molecule has 1 fully saturated rings. The largest absolute Gasteiger partial charge is 0.384 e. The molecule has 2 nitrogen and oxygen atoms in total. The van der Waals surface area contributed by atoms with E-state index in [1.807, 2.05) is 0 Å². The molecular weight excluding hydrogens is 162 g/mol. The first kappa shape index (κ1) is 11.2. The smallest absolute Gasteiger partial charge is 0.0490 e. The molecule has 0 radical (unpaired) electrons. The Labute approximate surface area is 75.1 Å². The topological polar surface area (TPSA) is 21.3 Å². The first-order valence-electron chi connectivity index (χ1n) is 4.13. The molecule has 1 unspecified atom stereocenters. The van der Waals surface area contributed by atoms with Crippen LogP contribution in [0.25, 0.3) is 0 Å². The molecule has 0 aromatic heterocycles. The maximum absolute atomic E-state index is 5.11. The lowest BCUT2D eigenvalue weighted by atomic mass is 10.0. The SMILES string of the molecule is COCC1CCCNCC1.Cl. The van der Waals surface area contributed by atoms with Crippen LogP contribution in [0.5, 0.6) is 0 Å². The summed E-state index contributed by atoms with van der Waals surface area (Å²) in [5.41, 5.74) is 0. The third kappa shape index (κ3) is 4.62. The molecule has 68 valence electrons. The van der Waals surface area contributed by atoms with Crippen LogP contribution in [0.1, 0.15) is 19.3 Å². The van der Waals surface area contributed by atoms with Gasteiger partial charge >= 0.3 is 0 Å². The highest BCUT2D eigenvalue weighted by Gasteiger charge is 2.10. The molecule has 1 aliphatic rings. The van der Waals surface area contributed by atoms with E-state index in [2.05, 4.69) is 5.32 Å². The number of hydrogen-bond donors (Lipinski definition) is 1. The number of ether oxygens (including phenoxy) is 1. The van der Waals surface area contributed by atoms with E-state index in [-0.39, 0.29) is 12.4 Å². The molecule has 0 spiro atoms. The van der Waals surface area contributed by atoms with E-state index in [1.165, 1.54) is 32.4 Å². The van der Waals surface area contributed by atoms with Crippen LogP contribution in [-0.4, -0.2) is 26.8 Å². The van der Waals surface area contributed by atoms with E-state index in [4.69, 9.17) is 4.74 Å². The predicted molar refractivity (Wildman–Crippen MR) is 49.3 cm³/mol. The Kier molecular flexibility index (Phi) is 7.02. The van der Waals surface area contributed by atoms with Gasteiger partial charge in [0.25, 0.3) is 0 Å². The molecule has 11 heavy (non-hydrogen) atoms. The van der Waals surface area contributed by atoms with Crippen molar-refractivity contribution in [2.75, 3.05) is 26.8 Å². The van der Waals surface area contributed by atoms with Crippen molar-refractivity contribution in [3.8, 4) is 0 Å². The number of rotatable bonds is 2. The van der Waals surface area contributed by atoms with E-state index in [9.17, 15) is 0 Å². The van der Waals surface area contributed by atoms with Crippen LogP contribution in [0.3, 0.4) is 0 Å². The number of nitrogens with one attached hydrogen (secondary N) is 1. The molecule has 0 aliphatic carbocycles. The molecule has 0 aromatic rings. The van der Waals surface area contributed by atoms with E-state index < -0.39 is 0 Å². The fraction of sp³-hybridized carbons (Fsp3) is 1.00. The van der Waals surface area contributed by atoms with Crippen LogP contribution < -0.4 is 5.32 Å². The van der Waals surface area contributed by atoms with Crippen molar-refractivity contribution in [1.82, 2.24) is 5.32 Å². The van der Waals surface area contributed by atoms with Gasteiger partial charge in [-0.25, -0.2) is 0 Å². The molecule has 1 N–H and O–H groups in total. The minimum atomic E-state index is 0. The Bertz CT molecular complexity index is 82.2. The van der Waals surface area contributed by atoms with E-state index in [1.54, 1.807) is 7.11 Å². The zero-order valence-corrected chi connectivity index (χ0v) is 7.95. The van der Waals surface area contributed by atoms with Gasteiger partial charge in [-0.05, 0) is 38.3 Å². The highest BCUT2D eigenvalue weighted by atomic mass is 35.5. The third-order valence-corrected chi connectivity index (χ3v) is 2.10. The Morgan fingerprint density at radius 3 is 2.91 bits per heavy atom. The molecule has 1 saturated heterocycles. The highest BCUT2D eigenvalue weighted by Crippen LogP contribution is 2.12. The van der Waals surface area contributed by atoms with Gasteiger partial charge in [-0.15, -0.1) is 12.4 Å². The molecule has 1 atom stereocenters. The fourth-order valence-electron chi connectivity index (χ4n) is 1.49. The van der Waals surface area contributed by atoms with Crippen molar-refractivity contribution in [1.29, 1.82) is 0 Å². The van der Waals surface area contributed by atoms with Crippen LogP contribution >= 0.6 is 12.4 Å². The summed E-state index contributed by atoms with van der Waals surface area (Å²) >= 11 is 0. The lowest BCUT2D eigenvalue weighted by molar-refractivity contribution is 0.146. The van der Waals surface area contributed by atoms with Gasteiger partial charge in [-0.2, -0.15) is 0 Å². The van der Waals surface area contributed by atoms with Gasteiger partial charge < -0.3 is 10.1 Å². The van der Waals surface area contributed by atoms with Gasteiger partial charge in [0, 0.05) is 13.7 Å². The second kappa shape index (κ2) is 6.89. The van der Waals surface area contributed by atoms with E-state index >= 15 is 0 Å². The van der Waals surface area contributed by atoms with Crippen LogP contribution in [0.2, 0.25) is 0 Å². The molecule has 0 bridgehead atoms. The van der Waals surface area contributed by atoms with Crippen molar-refractivity contribution >= 4 is 12.4 Å². The Morgan fingerprint density at radius 1 is 1.36 bits per heavy atom.